The molecule has 0 radical (unpaired) electrons. The van der Waals surface area contributed by atoms with Gasteiger partial charge in [0.25, 0.3) is 0 Å². The molecule has 3 nitrogen and oxygen atoms in total. The highest BCUT2D eigenvalue weighted by molar-refractivity contribution is 5.52. The summed E-state index contributed by atoms with van der Waals surface area (Å²) in [5.41, 5.74) is 9.04. The molecule has 34 heavy (non-hydrogen) atoms. The Morgan fingerprint density at radius 1 is 1.18 bits per heavy atom. The van der Waals surface area contributed by atoms with Crippen LogP contribution in [0.1, 0.15) is 71.9 Å². The van der Waals surface area contributed by atoms with Gasteiger partial charge in [0.2, 0.25) is 0 Å². The van der Waals surface area contributed by atoms with Gasteiger partial charge in [-0.1, -0.05) is 88.4 Å². The van der Waals surface area contributed by atoms with Crippen LogP contribution in [0.5, 0.6) is 0 Å². The van der Waals surface area contributed by atoms with Crippen LogP contribution in [0.15, 0.2) is 77.6 Å². The van der Waals surface area contributed by atoms with Gasteiger partial charge < -0.3 is 0 Å². The fourth-order valence-corrected chi connectivity index (χ4v) is 3.72. The van der Waals surface area contributed by atoms with Gasteiger partial charge in [0, 0.05) is 19.5 Å². The second kappa shape index (κ2) is 15.2. The third-order valence-corrected chi connectivity index (χ3v) is 5.94. The molecule has 0 aromatic heterocycles. The zero-order valence-corrected chi connectivity index (χ0v) is 22.1. The van der Waals surface area contributed by atoms with Crippen LogP contribution in [0.25, 0.3) is 6.08 Å². The Morgan fingerprint density at radius 3 is 2.38 bits per heavy atom. The summed E-state index contributed by atoms with van der Waals surface area (Å²) in [6, 6.07) is 8.55. The number of nitrogens with zero attached hydrogens (tertiary/aromatic N) is 1. The number of hydrogen-bond acceptors (Lipinski definition) is 3. The van der Waals surface area contributed by atoms with Gasteiger partial charge in [-0.3, -0.25) is 15.6 Å². The Hall–Kier alpha value is -2.80. The molecule has 0 saturated carbocycles. The second-order valence-electron chi connectivity index (χ2n) is 9.66. The summed E-state index contributed by atoms with van der Waals surface area (Å²) in [5.74, 6) is 2.76. The summed E-state index contributed by atoms with van der Waals surface area (Å²) >= 11 is 0. The van der Waals surface area contributed by atoms with Gasteiger partial charge in [-0.2, -0.15) is 0 Å². The van der Waals surface area contributed by atoms with Crippen molar-refractivity contribution in [3.05, 3.63) is 88.7 Å². The molecule has 0 aliphatic heterocycles. The number of hydroxylamine groups is 1. The first-order valence-corrected chi connectivity index (χ1v) is 12.2. The Bertz CT molecular complexity index is 931. The number of rotatable bonds is 13. The van der Waals surface area contributed by atoms with Crippen molar-refractivity contribution in [2.24, 2.45) is 5.41 Å². The van der Waals surface area contributed by atoms with Crippen LogP contribution in [0.2, 0.25) is 0 Å². The van der Waals surface area contributed by atoms with Crippen molar-refractivity contribution in [2.45, 2.75) is 67.3 Å². The van der Waals surface area contributed by atoms with Crippen LogP contribution >= 0.6 is 0 Å². The molecule has 184 valence electrons. The van der Waals surface area contributed by atoms with E-state index < -0.39 is 0 Å². The van der Waals surface area contributed by atoms with E-state index in [2.05, 4.69) is 101 Å². The van der Waals surface area contributed by atoms with Gasteiger partial charge in [-0.05, 0) is 67.0 Å². The maximum absolute atomic E-state index is 8.86. The van der Waals surface area contributed by atoms with Crippen molar-refractivity contribution < 1.29 is 5.21 Å². The lowest BCUT2D eigenvalue weighted by Gasteiger charge is -2.28. The molecule has 0 amide bonds. The lowest BCUT2D eigenvalue weighted by atomic mass is 9.81. The second-order valence-corrected chi connectivity index (χ2v) is 9.66. The van der Waals surface area contributed by atoms with Gasteiger partial charge in [0.1, 0.15) is 0 Å². The largest absolute Gasteiger partial charge is 0.299 e. The standard InChI is InChI=1S/C31H44N2O/c1-9-12-14-29(13-10-2)30(26(5)31(6,7)8)21-23-33(22-11-3)24-28-19-17-27(18-20-28)16-15-25(4)32-34/h1,10,13-20,32,34H,4,11-12,21-24H2,2-3,5-8H3/b13-10-,16-15+,29-14+,30-26+. The molecule has 0 aliphatic rings. The van der Waals surface area contributed by atoms with E-state index in [1.54, 1.807) is 6.08 Å². The first-order valence-electron chi connectivity index (χ1n) is 12.2. The molecule has 1 aromatic rings. The summed E-state index contributed by atoms with van der Waals surface area (Å²) in [6.07, 6.45) is 18.5. The van der Waals surface area contributed by atoms with E-state index in [-0.39, 0.29) is 5.41 Å². The number of terminal acetylenes is 1. The highest BCUT2D eigenvalue weighted by Gasteiger charge is 2.19. The van der Waals surface area contributed by atoms with Gasteiger partial charge in [0.15, 0.2) is 0 Å². The van der Waals surface area contributed by atoms with E-state index in [0.29, 0.717) is 12.1 Å². The number of allylic oxidation sites excluding steroid dienone is 6. The van der Waals surface area contributed by atoms with Crippen LogP contribution in [0.4, 0.5) is 0 Å². The van der Waals surface area contributed by atoms with E-state index in [0.717, 1.165) is 38.0 Å². The highest BCUT2D eigenvalue weighted by atomic mass is 16.5. The SMILES string of the molecule is C#CC/C=C(\C=C/C)C(/CCN(CCC)Cc1ccc(/C=C/C(=C)NO)cc1)=C(\C)C(C)(C)C. The molecule has 1 aromatic carbocycles. The predicted octanol–water partition coefficient (Wildman–Crippen LogP) is 7.68. The molecule has 2 N–H and O–H groups in total. The summed E-state index contributed by atoms with van der Waals surface area (Å²) < 4.78 is 0. The quantitative estimate of drug-likeness (QED) is 0.180. The van der Waals surface area contributed by atoms with E-state index in [4.69, 9.17) is 11.6 Å². The zero-order valence-electron chi connectivity index (χ0n) is 22.1. The van der Waals surface area contributed by atoms with Crippen LogP contribution in [0.3, 0.4) is 0 Å². The predicted molar refractivity (Wildman–Crippen MR) is 148 cm³/mol. The fourth-order valence-electron chi connectivity index (χ4n) is 3.72. The average molecular weight is 461 g/mol. The van der Waals surface area contributed by atoms with Gasteiger partial charge in [-0.15, -0.1) is 12.3 Å². The Kier molecular flexibility index (Phi) is 13.0. The minimum absolute atomic E-state index is 0.0991. The smallest absolute Gasteiger partial charge is 0.0530 e. The van der Waals surface area contributed by atoms with E-state index in [1.165, 1.54) is 22.3 Å². The Morgan fingerprint density at radius 2 is 1.85 bits per heavy atom. The molecule has 0 bridgehead atoms. The van der Waals surface area contributed by atoms with Crippen LogP contribution in [0, 0.1) is 17.8 Å². The van der Waals surface area contributed by atoms with Crippen LogP contribution in [-0.2, 0) is 6.54 Å². The maximum Gasteiger partial charge on any atom is 0.0530 e. The normalized spacial score (nSPS) is 13.4. The van der Waals surface area contributed by atoms with Crippen LogP contribution in [-0.4, -0.2) is 23.2 Å². The van der Waals surface area contributed by atoms with Crippen molar-refractivity contribution in [3.63, 3.8) is 0 Å². The molecule has 1 rings (SSSR count). The molecule has 0 fully saturated rings. The fraction of sp³-hybridized carbons (Fsp3) is 0.419. The maximum atomic E-state index is 8.86. The summed E-state index contributed by atoms with van der Waals surface area (Å²) in [6.45, 7) is 20.1. The molecule has 0 unspecified atom stereocenters. The summed E-state index contributed by atoms with van der Waals surface area (Å²) in [5, 5.41) is 8.86. The van der Waals surface area contributed by atoms with E-state index in [1.807, 2.05) is 11.6 Å². The number of benzene rings is 1. The molecule has 0 heterocycles. The lowest BCUT2D eigenvalue weighted by molar-refractivity contribution is 0.205. The minimum atomic E-state index is 0.0991. The molecule has 0 saturated heterocycles. The van der Waals surface area contributed by atoms with Crippen molar-refractivity contribution >= 4 is 6.08 Å². The van der Waals surface area contributed by atoms with Gasteiger partial charge in [-0.25, -0.2) is 0 Å². The molecule has 0 aliphatic carbocycles. The van der Waals surface area contributed by atoms with E-state index >= 15 is 0 Å². The topological polar surface area (TPSA) is 35.5 Å². The third-order valence-electron chi connectivity index (χ3n) is 5.94. The molecular weight excluding hydrogens is 416 g/mol. The lowest BCUT2D eigenvalue weighted by Crippen LogP contribution is -2.26. The van der Waals surface area contributed by atoms with Crippen LogP contribution < -0.4 is 5.48 Å². The zero-order chi connectivity index (χ0) is 25.6. The van der Waals surface area contributed by atoms with Crippen molar-refractivity contribution in [1.82, 2.24) is 10.4 Å². The monoisotopic (exact) mass is 460 g/mol. The number of hydrogen-bond donors (Lipinski definition) is 2. The van der Waals surface area contributed by atoms with Crippen molar-refractivity contribution in [1.29, 1.82) is 0 Å². The highest BCUT2D eigenvalue weighted by Crippen LogP contribution is 2.33. The van der Waals surface area contributed by atoms with E-state index in [9.17, 15) is 0 Å². The Balaban J connectivity index is 3.08. The molecular formula is C31H44N2O. The molecule has 0 atom stereocenters. The molecule has 0 spiro atoms. The average Bonchev–Trinajstić information content (AvgIpc) is 2.81. The first kappa shape index (κ1) is 29.2. The summed E-state index contributed by atoms with van der Waals surface area (Å²) in [7, 11) is 0. The first-order chi connectivity index (χ1) is 16.2. The minimum Gasteiger partial charge on any atom is -0.299 e. The Labute approximate surface area is 208 Å². The third kappa shape index (κ3) is 10.4. The summed E-state index contributed by atoms with van der Waals surface area (Å²) in [4.78, 5) is 2.53. The number of nitrogens with one attached hydrogen (secondary N) is 1. The van der Waals surface area contributed by atoms with Crippen molar-refractivity contribution in [2.75, 3.05) is 13.1 Å². The molecule has 3 heteroatoms. The van der Waals surface area contributed by atoms with Gasteiger partial charge >= 0.3 is 0 Å². The van der Waals surface area contributed by atoms with Gasteiger partial charge in [0.05, 0.1) is 5.70 Å². The van der Waals surface area contributed by atoms with Crippen molar-refractivity contribution in [3.8, 4) is 12.3 Å².